The first kappa shape index (κ1) is 10.6. The summed E-state index contributed by atoms with van der Waals surface area (Å²) >= 11 is 0. The number of methoxy groups -OCH3 is 1. The summed E-state index contributed by atoms with van der Waals surface area (Å²) in [7, 11) is 1.55. The Morgan fingerprint density at radius 2 is 1.93 bits per heavy atom. The van der Waals surface area contributed by atoms with Crippen LogP contribution in [0.1, 0.15) is 23.8 Å². The van der Waals surface area contributed by atoms with Crippen molar-refractivity contribution in [3.05, 3.63) is 33.4 Å². The van der Waals surface area contributed by atoms with Crippen LogP contribution in [0.15, 0.2) is 15.3 Å². The van der Waals surface area contributed by atoms with Crippen LogP contribution in [0.3, 0.4) is 0 Å². The molecule has 76 valence electrons. The van der Waals surface area contributed by atoms with E-state index in [0.29, 0.717) is 17.1 Å². The Morgan fingerprint density at radius 1 is 1.29 bits per heavy atom. The molecule has 0 unspecified atom stereocenters. The lowest BCUT2D eigenvalue weighted by atomic mass is 10.1. The Labute approximate surface area is 83.0 Å². The van der Waals surface area contributed by atoms with Crippen LogP contribution in [0.4, 0.5) is 0 Å². The van der Waals surface area contributed by atoms with Gasteiger partial charge in [-0.1, -0.05) is 6.08 Å². The van der Waals surface area contributed by atoms with Crippen molar-refractivity contribution in [3.63, 3.8) is 0 Å². The molecule has 1 aromatic heterocycles. The van der Waals surface area contributed by atoms with Gasteiger partial charge in [-0.25, -0.2) is 4.79 Å². The first-order chi connectivity index (χ1) is 6.61. The first-order valence-electron chi connectivity index (χ1n) is 4.42. The second kappa shape index (κ2) is 4.13. The topological polar surface area (TPSA) is 39.4 Å². The molecule has 0 saturated carbocycles. The van der Waals surface area contributed by atoms with Crippen LogP contribution in [0.5, 0.6) is 5.75 Å². The fourth-order valence-corrected chi connectivity index (χ4v) is 1.36. The van der Waals surface area contributed by atoms with Gasteiger partial charge in [0.25, 0.3) is 0 Å². The normalized spacial score (nSPS) is 10.9. The molecule has 1 heterocycles. The Bertz CT molecular complexity index is 413. The van der Waals surface area contributed by atoms with Crippen LogP contribution in [-0.4, -0.2) is 7.11 Å². The molecule has 0 amide bonds. The Balaban J connectivity index is 3.50. The average Bonchev–Trinajstić information content (AvgIpc) is 2.16. The standard InChI is InChI=1S/C11H14O3/c1-5-6-9-7(2)10(13-4)8(3)11(12)14-9/h5-6H,1-4H3/b6-5+. The molecule has 0 aromatic carbocycles. The quantitative estimate of drug-likeness (QED) is 0.725. The molecule has 0 saturated heterocycles. The second-order valence-electron chi connectivity index (χ2n) is 3.04. The van der Waals surface area contributed by atoms with E-state index in [1.54, 1.807) is 20.1 Å². The van der Waals surface area contributed by atoms with Gasteiger partial charge in [0.05, 0.1) is 12.7 Å². The van der Waals surface area contributed by atoms with Crippen LogP contribution in [0, 0.1) is 13.8 Å². The van der Waals surface area contributed by atoms with Gasteiger partial charge in [0.2, 0.25) is 0 Å². The highest BCUT2D eigenvalue weighted by atomic mass is 16.5. The predicted octanol–water partition coefficient (Wildman–Crippen LogP) is 2.30. The lowest BCUT2D eigenvalue weighted by Gasteiger charge is -2.08. The van der Waals surface area contributed by atoms with Gasteiger partial charge in [-0.15, -0.1) is 0 Å². The van der Waals surface area contributed by atoms with Crippen LogP contribution >= 0.6 is 0 Å². The smallest absolute Gasteiger partial charge is 0.342 e. The summed E-state index contributed by atoms with van der Waals surface area (Å²) in [6, 6.07) is 0. The molecular formula is C11H14O3. The van der Waals surface area contributed by atoms with Crippen molar-refractivity contribution in [1.29, 1.82) is 0 Å². The van der Waals surface area contributed by atoms with Gasteiger partial charge in [-0.05, 0) is 26.8 Å². The van der Waals surface area contributed by atoms with E-state index in [2.05, 4.69) is 0 Å². The molecule has 14 heavy (non-hydrogen) atoms. The van der Waals surface area contributed by atoms with Gasteiger partial charge in [-0.3, -0.25) is 0 Å². The molecule has 1 aromatic rings. The number of hydrogen-bond donors (Lipinski definition) is 0. The van der Waals surface area contributed by atoms with Crippen LogP contribution in [0.25, 0.3) is 6.08 Å². The molecule has 0 radical (unpaired) electrons. The van der Waals surface area contributed by atoms with E-state index in [-0.39, 0.29) is 5.63 Å². The van der Waals surface area contributed by atoms with Gasteiger partial charge >= 0.3 is 5.63 Å². The largest absolute Gasteiger partial charge is 0.496 e. The number of allylic oxidation sites excluding steroid dienone is 1. The maximum Gasteiger partial charge on any atom is 0.342 e. The summed E-state index contributed by atoms with van der Waals surface area (Å²) in [6.07, 6.45) is 3.57. The summed E-state index contributed by atoms with van der Waals surface area (Å²) in [5, 5.41) is 0. The minimum atomic E-state index is -0.347. The highest BCUT2D eigenvalue weighted by molar-refractivity contribution is 5.52. The monoisotopic (exact) mass is 194 g/mol. The van der Waals surface area contributed by atoms with Gasteiger partial charge in [0.15, 0.2) is 0 Å². The van der Waals surface area contributed by atoms with Crippen molar-refractivity contribution < 1.29 is 9.15 Å². The van der Waals surface area contributed by atoms with E-state index in [4.69, 9.17) is 9.15 Å². The predicted molar refractivity (Wildman–Crippen MR) is 55.7 cm³/mol. The molecule has 3 heteroatoms. The maximum absolute atomic E-state index is 11.4. The van der Waals surface area contributed by atoms with E-state index in [1.165, 1.54) is 0 Å². The Morgan fingerprint density at radius 3 is 2.43 bits per heavy atom. The molecule has 3 nitrogen and oxygen atoms in total. The SMILES string of the molecule is C/C=C/c1oc(=O)c(C)c(OC)c1C. The van der Waals surface area contributed by atoms with Crippen LogP contribution in [0.2, 0.25) is 0 Å². The fourth-order valence-electron chi connectivity index (χ4n) is 1.36. The zero-order chi connectivity index (χ0) is 10.7. The highest BCUT2D eigenvalue weighted by Crippen LogP contribution is 2.23. The van der Waals surface area contributed by atoms with Crippen molar-refractivity contribution in [1.82, 2.24) is 0 Å². The van der Waals surface area contributed by atoms with Gasteiger partial charge in [0.1, 0.15) is 11.5 Å². The zero-order valence-electron chi connectivity index (χ0n) is 8.88. The summed E-state index contributed by atoms with van der Waals surface area (Å²) < 4.78 is 10.2. The molecule has 0 atom stereocenters. The first-order valence-corrected chi connectivity index (χ1v) is 4.42. The van der Waals surface area contributed by atoms with Gasteiger partial charge in [-0.2, -0.15) is 0 Å². The Kier molecular flexibility index (Phi) is 3.12. The molecule has 0 aliphatic carbocycles. The second-order valence-corrected chi connectivity index (χ2v) is 3.04. The summed E-state index contributed by atoms with van der Waals surface area (Å²) in [5.74, 6) is 1.16. The highest BCUT2D eigenvalue weighted by Gasteiger charge is 2.11. The molecule has 0 aliphatic rings. The van der Waals surface area contributed by atoms with Crippen molar-refractivity contribution in [2.75, 3.05) is 7.11 Å². The molecule has 0 spiro atoms. The van der Waals surface area contributed by atoms with E-state index in [9.17, 15) is 4.79 Å². The van der Waals surface area contributed by atoms with Crippen molar-refractivity contribution in [3.8, 4) is 5.75 Å². The van der Waals surface area contributed by atoms with E-state index >= 15 is 0 Å². The summed E-state index contributed by atoms with van der Waals surface area (Å²) in [5.41, 5.74) is 1.02. The van der Waals surface area contributed by atoms with Crippen LogP contribution < -0.4 is 10.4 Å². The fraction of sp³-hybridized carbons (Fsp3) is 0.364. The van der Waals surface area contributed by atoms with Crippen molar-refractivity contribution in [2.45, 2.75) is 20.8 Å². The van der Waals surface area contributed by atoms with E-state index in [0.717, 1.165) is 5.56 Å². The molecule has 0 fully saturated rings. The molecule has 0 bridgehead atoms. The van der Waals surface area contributed by atoms with E-state index in [1.807, 2.05) is 19.9 Å². The third-order valence-electron chi connectivity index (χ3n) is 2.08. The lowest BCUT2D eigenvalue weighted by Crippen LogP contribution is -2.08. The maximum atomic E-state index is 11.4. The van der Waals surface area contributed by atoms with Crippen LogP contribution in [-0.2, 0) is 0 Å². The zero-order valence-corrected chi connectivity index (χ0v) is 8.88. The molecule has 0 N–H and O–H groups in total. The third kappa shape index (κ3) is 1.71. The number of hydrogen-bond acceptors (Lipinski definition) is 3. The molecule has 1 rings (SSSR count). The third-order valence-corrected chi connectivity index (χ3v) is 2.08. The molecule has 0 aliphatic heterocycles. The Hall–Kier alpha value is -1.51. The van der Waals surface area contributed by atoms with Gasteiger partial charge in [0, 0.05) is 5.56 Å². The van der Waals surface area contributed by atoms with Crippen molar-refractivity contribution in [2.24, 2.45) is 0 Å². The average molecular weight is 194 g/mol. The number of ether oxygens (including phenoxy) is 1. The summed E-state index contributed by atoms with van der Waals surface area (Å²) in [4.78, 5) is 11.4. The van der Waals surface area contributed by atoms with E-state index < -0.39 is 0 Å². The molecular weight excluding hydrogens is 180 g/mol. The minimum absolute atomic E-state index is 0.347. The lowest BCUT2D eigenvalue weighted by molar-refractivity contribution is 0.390. The number of rotatable bonds is 2. The minimum Gasteiger partial charge on any atom is -0.496 e. The van der Waals surface area contributed by atoms with Gasteiger partial charge < -0.3 is 9.15 Å². The summed E-state index contributed by atoms with van der Waals surface area (Å²) in [6.45, 7) is 5.42. The van der Waals surface area contributed by atoms with Crippen molar-refractivity contribution >= 4 is 6.08 Å².